The minimum absolute atomic E-state index is 0.330. The number of amides is 1. The molecule has 0 fully saturated rings. The number of hydrogen-bond donors (Lipinski definition) is 1. The van der Waals surface area contributed by atoms with Gasteiger partial charge in [-0.15, -0.1) is 0 Å². The molecular weight excluding hydrogens is 364 g/mol. The number of nitrogens with zero attached hydrogens (tertiary/aromatic N) is 1. The van der Waals surface area contributed by atoms with Gasteiger partial charge in [0.2, 0.25) is 0 Å². The Morgan fingerprint density at radius 1 is 0.931 bits per heavy atom. The molecule has 2 aromatic heterocycles. The highest BCUT2D eigenvalue weighted by atomic mass is 16.5. The van der Waals surface area contributed by atoms with Crippen LogP contribution in [0.5, 0.6) is 5.75 Å². The Morgan fingerprint density at radius 2 is 1.72 bits per heavy atom. The van der Waals surface area contributed by atoms with Crippen LogP contribution >= 0.6 is 0 Å². The molecule has 2 heterocycles. The van der Waals surface area contributed by atoms with Crippen molar-refractivity contribution in [3.05, 3.63) is 90.3 Å². The molecule has 4 rings (SSSR count). The van der Waals surface area contributed by atoms with Crippen molar-refractivity contribution < 1.29 is 14.3 Å². The number of anilines is 1. The predicted molar refractivity (Wildman–Crippen MR) is 114 cm³/mol. The van der Waals surface area contributed by atoms with Gasteiger partial charge in [0.15, 0.2) is 0 Å². The van der Waals surface area contributed by atoms with Gasteiger partial charge in [0.25, 0.3) is 11.7 Å². The molecule has 0 bridgehead atoms. The van der Waals surface area contributed by atoms with Gasteiger partial charge in [0, 0.05) is 23.0 Å². The van der Waals surface area contributed by atoms with Crippen molar-refractivity contribution in [1.29, 1.82) is 0 Å². The van der Waals surface area contributed by atoms with Gasteiger partial charge in [0.05, 0.1) is 7.11 Å². The smallest absolute Gasteiger partial charge is 0.298 e. The van der Waals surface area contributed by atoms with Crippen molar-refractivity contribution in [3.8, 4) is 16.9 Å². The third-order valence-corrected chi connectivity index (χ3v) is 4.78. The number of aromatic nitrogens is 1. The number of fused-ring (bicyclic) bond motifs is 1. The van der Waals surface area contributed by atoms with Gasteiger partial charge in [-0.05, 0) is 60.5 Å². The number of nitrogens with one attached hydrogen (secondary N) is 1. The standard InChI is InChI=1S/C24H20N2O3/c1-16-6-5-7-18(14-16)25-24(28)23(27)22-21(15-19-8-3-4-13-26(19)22)17-9-11-20(29-2)12-10-17/h3-15H,1-2H3,(H,25,28). The van der Waals surface area contributed by atoms with E-state index in [1.165, 1.54) is 0 Å². The zero-order valence-corrected chi connectivity index (χ0v) is 16.2. The molecule has 1 amide bonds. The highest BCUT2D eigenvalue weighted by Gasteiger charge is 2.24. The summed E-state index contributed by atoms with van der Waals surface area (Å²) in [5, 5.41) is 2.71. The van der Waals surface area contributed by atoms with Crippen LogP contribution in [0, 0.1) is 6.92 Å². The molecule has 0 aliphatic carbocycles. The van der Waals surface area contributed by atoms with Gasteiger partial charge in [0.1, 0.15) is 11.4 Å². The van der Waals surface area contributed by atoms with E-state index in [1.54, 1.807) is 23.8 Å². The lowest BCUT2D eigenvalue weighted by Gasteiger charge is -2.08. The largest absolute Gasteiger partial charge is 0.497 e. The van der Waals surface area contributed by atoms with Crippen LogP contribution < -0.4 is 10.1 Å². The molecule has 5 nitrogen and oxygen atoms in total. The molecular formula is C24H20N2O3. The molecule has 0 aliphatic heterocycles. The molecule has 144 valence electrons. The minimum Gasteiger partial charge on any atom is -0.497 e. The number of carbonyl (C=O) groups excluding carboxylic acids is 2. The molecule has 0 saturated carbocycles. The summed E-state index contributed by atoms with van der Waals surface area (Å²) in [7, 11) is 1.60. The van der Waals surface area contributed by atoms with E-state index in [4.69, 9.17) is 4.74 Å². The number of hydrogen-bond acceptors (Lipinski definition) is 3. The second-order valence-electron chi connectivity index (χ2n) is 6.78. The number of ether oxygens (including phenoxy) is 1. The first-order valence-corrected chi connectivity index (χ1v) is 9.23. The highest BCUT2D eigenvalue weighted by Crippen LogP contribution is 2.30. The quantitative estimate of drug-likeness (QED) is 0.399. The van der Waals surface area contributed by atoms with Crippen molar-refractivity contribution in [2.45, 2.75) is 6.92 Å². The summed E-state index contributed by atoms with van der Waals surface area (Å²) in [6.07, 6.45) is 1.79. The number of carbonyl (C=O) groups is 2. The van der Waals surface area contributed by atoms with Crippen molar-refractivity contribution in [1.82, 2.24) is 4.40 Å². The number of ketones is 1. The Morgan fingerprint density at radius 3 is 2.45 bits per heavy atom. The van der Waals surface area contributed by atoms with Gasteiger partial charge in [-0.3, -0.25) is 9.59 Å². The van der Waals surface area contributed by atoms with E-state index >= 15 is 0 Å². The Hall–Kier alpha value is -3.86. The first-order valence-electron chi connectivity index (χ1n) is 9.23. The second kappa shape index (κ2) is 7.64. The van der Waals surface area contributed by atoms with Gasteiger partial charge in [-0.25, -0.2) is 0 Å². The first-order chi connectivity index (χ1) is 14.1. The van der Waals surface area contributed by atoms with Crippen LogP contribution in [0.3, 0.4) is 0 Å². The van der Waals surface area contributed by atoms with E-state index in [1.807, 2.05) is 73.7 Å². The Bertz CT molecular complexity index is 1210. The lowest BCUT2D eigenvalue weighted by atomic mass is 10.0. The predicted octanol–water partition coefficient (Wildman–Crippen LogP) is 4.74. The third kappa shape index (κ3) is 3.62. The van der Waals surface area contributed by atoms with Crippen LogP contribution in [-0.4, -0.2) is 23.2 Å². The fourth-order valence-corrected chi connectivity index (χ4v) is 3.36. The molecule has 0 atom stereocenters. The molecule has 4 aromatic rings. The summed E-state index contributed by atoms with van der Waals surface area (Å²) in [5.41, 5.74) is 4.29. The van der Waals surface area contributed by atoms with E-state index in [0.717, 1.165) is 22.4 Å². The maximum atomic E-state index is 13.2. The molecule has 0 aliphatic rings. The van der Waals surface area contributed by atoms with Crippen LogP contribution in [-0.2, 0) is 4.79 Å². The fraction of sp³-hybridized carbons (Fsp3) is 0.0833. The molecule has 29 heavy (non-hydrogen) atoms. The number of rotatable bonds is 5. The number of pyridine rings is 1. The van der Waals surface area contributed by atoms with Crippen LogP contribution in [0.1, 0.15) is 16.1 Å². The Balaban J connectivity index is 1.76. The number of aryl methyl sites for hydroxylation is 1. The van der Waals surface area contributed by atoms with Gasteiger partial charge < -0.3 is 14.5 Å². The van der Waals surface area contributed by atoms with E-state index in [-0.39, 0.29) is 0 Å². The van der Waals surface area contributed by atoms with Gasteiger partial charge in [-0.1, -0.05) is 30.3 Å². The summed E-state index contributed by atoms with van der Waals surface area (Å²) in [4.78, 5) is 25.9. The molecule has 0 spiro atoms. The minimum atomic E-state index is -0.672. The number of benzene rings is 2. The summed E-state index contributed by atoms with van der Waals surface area (Å²) in [6, 6.07) is 22.3. The summed E-state index contributed by atoms with van der Waals surface area (Å²) in [5.74, 6) is -0.541. The second-order valence-corrected chi connectivity index (χ2v) is 6.78. The van der Waals surface area contributed by atoms with Crippen molar-refractivity contribution in [2.24, 2.45) is 0 Å². The number of Topliss-reactive ketones (excluding diaryl/α,β-unsaturated/α-hetero) is 1. The van der Waals surface area contributed by atoms with Crippen LogP contribution in [0.4, 0.5) is 5.69 Å². The highest BCUT2D eigenvalue weighted by molar-refractivity contribution is 6.47. The maximum absolute atomic E-state index is 13.2. The lowest BCUT2D eigenvalue weighted by Crippen LogP contribution is -2.24. The molecule has 0 unspecified atom stereocenters. The summed E-state index contributed by atoms with van der Waals surface area (Å²) in [6.45, 7) is 1.93. The fourth-order valence-electron chi connectivity index (χ4n) is 3.36. The monoisotopic (exact) mass is 384 g/mol. The van der Waals surface area contributed by atoms with Crippen LogP contribution in [0.2, 0.25) is 0 Å². The average Bonchev–Trinajstić information content (AvgIpc) is 3.12. The van der Waals surface area contributed by atoms with E-state index < -0.39 is 11.7 Å². The molecule has 1 N–H and O–H groups in total. The van der Waals surface area contributed by atoms with E-state index in [0.29, 0.717) is 16.9 Å². The summed E-state index contributed by atoms with van der Waals surface area (Å²) >= 11 is 0. The Kier molecular flexibility index (Phi) is 4.87. The van der Waals surface area contributed by atoms with E-state index in [2.05, 4.69) is 5.32 Å². The van der Waals surface area contributed by atoms with E-state index in [9.17, 15) is 9.59 Å². The van der Waals surface area contributed by atoms with Crippen molar-refractivity contribution in [2.75, 3.05) is 12.4 Å². The molecule has 2 aromatic carbocycles. The van der Waals surface area contributed by atoms with Crippen LogP contribution in [0.25, 0.3) is 16.6 Å². The SMILES string of the molecule is COc1ccc(-c2cc3ccccn3c2C(=O)C(=O)Nc2cccc(C)c2)cc1. The Labute approximate surface area is 168 Å². The summed E-state index contributed by atoms with van der Waals surface area (Å²) < 4.78 is 6.97. The topological polar surface area (TPSA) is 59.8 Å². The maximum Gasteiger partial charge on any atom is 0.298 e. The van der Waals surface area contributed by atoms with Crippen molar-refractivity contribution >= 4 is 22.9 Å². The van der Waals surface area contributed by atoms with Gasteiger partial charge in [-0.2, -0.15) is 0 Å². The average molecular weight is 384 g/mol. The lowest BCUT2D eigenvalue weighted by molar-refractivity contribution is -0.112. The normalized spacial score (nSPS) is 10.7. The first kappa shape index (κ1) is 18.5. The molecule has 5 heteroatoms. The third-order valence-electron chi connectivity index (χ3n) is 4.78. The van der Waals surface area contributed by atoms with Crippen molar-refractivity contribution in [3.63, 3.8) is 0 Å². The number of methoxy groups -OCH3 is 1. The molecule has 0 saturated heterocycles. The zero-order valence-electron chi connectivity index (χ0n) is 16.2. The molecule has 0 radical (unpaired) electrons. The van der Waals surface area contributed by atoms with Gasteiger partial charge >= 0.3 is 0 Å². The van der Waals surface area contributed by atoms with Crippen LogP contribution in [0.15, 0.2) is 79.0 Å². The zero-order chi connectivity index (χ0) is 20.4.